The van der Waals surface area contributed by atoms with Gasteiger partial charge in [-0.05, 0) is 6.92 Å². The van der Waals surface area contributed by atoms with Crippen LogP contribution in [0.25, 0.3) is 0 Å². The summed E-state index contributed by atoms with van der Waals surface area (Å²) in [4.78, 5) is 9.95. The molecule has 0 spiro atoms. The van der Waals surface area contributed by atoms with E-state index in [1.54, 1.807) is 6.92 Å². The highest BCUT2D eigenvalue weighted by Crippen LogP contribution is 1.91. The Kier molecular flexibility index (Phi) is 4.88. The van der Waals surface area contributed by atoms with Crippen molar-refractivity contribution in [3.63, 3.8) is 0 Å². The highest BCUT2D eigenvalue weighted by Gasteiger charge is 2.00. The molecule has 0 saturated heterocycles. The van der Waals surface area contributed by atoms with Gasteiger partial charge in [-0.3, -0.25) is 4.79 Å². The van der Waals surface area contributed by atoms with Gasteiger partial charge in [0.2, 0.25) is 0 Å². The molecule has 10 heavy (non-hydrogen) atoms. The fraction of sp³-hybridized carbons (Fsp3) is 0.833. The van der Waals surface area contributed by atoms with E-state index in [2.05, 4.69) is 0 Å². The first-order valence-electron chi connectivity index (χ1n) is 3.03. The molecule has 0 saturated carbocycles. The quantitative estimate of drug-likeness (QED) is 0.576. The summed E-state index contributed by atoms with van der Waals surface area (Å²) in [6.07, 6.45) is -0.299. The van der Waals surface area contributed by atoms with Crippen LogP contribution in [-0.4, -0.2) is 31.1 Å². The van der Waals surface area contributed by atoms with Crippen molar-refractivity contribution in [1.82, 2.24) is 0 Å². The molecular formula is C6H12O4. The molecule has 0 aliphatic rings. The molecule has 0 bridgehead atoms. The van der Waals surface area contributed by atoms with Gasteiger partial charge in [-0.25, -0.2) is 0 Å². The third kappa shape index (κ3) is 5.53. The number of hydrogen-bond acceptors (Lipinski definition) is 3. The van der Waals surface area contributed by atoms with E-state index >= 15 is 0 Å². The monoisotopic (exact) mass is 148 g/mol. The summed E-state index contributed by atoms with van der Waals surface area (Å²) in [5.41, 5.74) is 0. The van der Waals surface area contributed by atoms with Crippen molar-refractivity contribution >= 4 is 5.97 Å². The lowest BCUT2D eigenvalue weighted by molar-refractivity contribution is -0.143. The van der Waals surface area contributed by atoms with E-state index in [0.29, 0.717) is 0 Å². The van der Waals surface area contributed by atoms with Crippen LogP contribution in [0.5, 0.6) is 0 Å². The number of carbonyl (C=O) groups is 1. The third-order valence-corrected chi connectivity index (χ3v) is 1.00. The van der Waals surface area contributed by atoms with Crippen LogP contribution in [0.2, 0.25) is 0 Å². The van der Waals surface area contributed by atoms with Gasteiger partial charge in [0.25, 0.3) is 0 Å². The first kappa shape index (κ1) is 9.39. The number of carboxylic acid groups (broad SMARTS) is 1. The Morgan fingerprint density at radius 3 is 2.70 bits per heavy atom. The molecule has 4 nitrogen and oxygen atoms in total. The molecule has 0 aliphatic carbocycles. The number of rotatable bonds is 5. The van der Waals surface area contributed by atoms with E-state index in [-0.39, 0.29) is 19.3 Å². The molecule has 0 aromatic rings. The molecular weight excluding hydrogens is 136 g/mol. The minimum atomic E-state index is -0.858. The Bertz CT molecular complexity index is 102. The SMILES string of the molecule is COC(C)OCCC(=O)O. The average Bonchev–Trinajstić information content (AvgIpc) is 1.87. The van der Waals surface area contributed by atoms with E-state index in [1.165, 1.54) is 7.11 Å². The maximum absolute atomic E-state index is 9.95. The Morgan fingerprint density at radius 2 is 2.30 bits per heavy atom. The van der Waals surface area contributed by atoms with Crippen LogP contribution in [0.3, 0.4) is 0 Å². The van der Waals surface area contributed by atoms with E-state index in [1.807, 2.05) is 0 Å². The zero-order valence-corrected chi connectivity index (χ0v) is 6.16. The molecule has 0 aromatic carbocycles. The van der Waals surface area contributed by atoms with Crippen molar-refractivity contribution in [3.05, 3.63) is 0 Å². The van der Waals surface area contributed by atoms with Crippen molar-refractivity contribution < 1.29 is 19.4 Å². The van der Waals surface area contributed by atoms with E-state index in [0.717, 1.165) is 0 Å². The van der Waals surface area contributed by atoms with E-state index in [4.69, 9.17) is 14.6 Å². The van der Waals surface area contributed by atoms with Crippen LogP contribution in [-0.2, 0) is 14.3 Å². The number of hydrogen-bond donors (Lipinski definition) is 1. The average molecular weight is 148 g/mol. The second kappa shape index (κ2) is 5.20. The van der Waals surface area contributed by atoms with E-state index < -0.39 is 5.97 Å². The molecule has 1 unspecified atom stereocenters. The molecule has 4 heteroatoms. The second-order valence-electron chi connectivity index (χ2n) is 1.82. The van der Waals surface area contributed by atoms with Gasteiger partial charge in [-0.2, -0.15) is 0 Å². The van der Waals surface area contributed by atoms with Crippen LogP contribution in [0, 0.1) is 0 Å². The number of aliphatic carboxylic acids is 1. The minimum Gasteiger partial charge on any atom is -0.481 e. The largest absolute Gasteiger partial charge is 0.481 e. The van der Waals surface area contributed by atoms with Gasteiger partial charge >= 0.3 is 5.97 Å². The highest BCUT2D eigenvalue weighted by molar-refractivity contribution is 5.66. The molecule has 1 N–H and O–H groups in total. The van der Waals surface area contributed by atoms with Gasteiger partial charge in [0.05, 0.1) is 13.0 Å². The fourth-order valence-electron chi connectivity index (χ4n) is 0.380. The number of ether oxygens (including phenoxy) is 2. The van der Waals surface area contributed by atoms with Gasteiger partial charge in [-0.1, -0.05) is 0 Å². The normalized spacial score (nSPS) is 13.0. The van der Waals surface area contributed by atoms with Gasteiger partial charge in [-0.15, -0.1) is 0 Å². The molecule has 60 valence electrons. The van der Waals surface area contributed by atoms with E-state index in [9.17, 15) is 4.79 Å². The van der Waals surface area contributed by atoms with Crippen LogP contribution in [0.15, 0.2) is 0 Å². The lowest BCUT2D eigenvalue weighted by Gasteiger charge is -2.08. The second-order valence-corrected chi connectivity index (χ2v) is 1.82. The Labute approximate surface area is 59.7 Å². The summed E-state index contributed by atoms with van der Waals surface area (Å²) in [5.74, 6) is -0.858. The van der Waals surface area contributed by atoms with Gasteiger partial charge < -0.3 is 14.6 Å². The molecule has 0 fully saturated rings. The topological polar surface area (TPSA) is 55.8 Å². The standard InChI is InChI=1S/C6H12O4/c1-5(9-2)10-4-3-6(7)8/h5H,3-4H2,1-2H3,(H,7,8). The first-order valence-corrected chi connectivity index (χ1v) is 3.03. The summed E-state index contributed by atoms with van der Waals surface area (Å²) in [7, 11) is 1.51. The van der Waals surface area contributed by atoms with Crippen molar-refractivity contribution in [3.8, 4) is 0 Å². The van der Waals surface area contributed by atoms with Crippen LogP contribution < -0.4 is 0 Å². The zero-order chi connectivity index (χ0) is 7.98. The van der Waals surface area contributed by atoms with Crippen molar-refractivity contribution in [2.45, 2.75) is 19.6 Å². The smallest absolute Gasteiger partial charge is 0.305 e. The Hall–Kier alpha value is -0.610. The zero-order valence-electron chi connectivity index (χ0n) is 6.16. The summed E-state index contributed by atoms with van der Waals surface area (Å²) >= 11 is 0. The predicted octanol–water partition coefficient (Wildman–Crippen LogP) is 0.470. The van der Waals surface area contributed by atoms with Crippen LogP contribution in [0.4, 0.5) is 0 Å². The first-order chi connectivity index (χ1) is 4.66. The van der Waals surface area contributed by atoms with Crippen molar-refractivity contribution in [2.24, 2.45) is 0 Å². The Balaban J connectivity index is 3.11. The molecule has 0 aromatic heterocycles. The van der Waals surface area contributed by atoms with Gasteiger partial charge in [0.1, 0.15) is 0 Å². The minimum absolute atomic E-state index is 0.0215. The van der Waals surface area contributed by atoms with Crippen molar-refractivity contribution in [1.29, 1.82) is 0 Å². The predicted molar refractivity (Wildman–Crippen MR) is 34.7 cm³/mol. The maximum atomic E-state index is 9.95. The number of methoxy groups -OCH3 is 1. The van der Waals surface area contributed by atoms with Gasteiger partial charge in [0, 0.05) is 7.11 Å². The molecule has 0 heterocycles. The summed E-state index contributed by atoms with van der Waals surface area (Å²) in [6.45, 7) is 1.91. The van der Waals surface area contributed by atoms with Gasteiger partial charge in [0.15, 0.2) is 6.29 Å². The number of carboxylic acids is 1. The Morgan fingerprint density at radius 1 is 1.70 bits per heavy atom. The molecule has 1 atom stereocenters. The lowest BCUT2D eigenvalue weighted by atomic mass is 10.5. The lowest BCUT2D eigenvalue weighted by Crippen LogP contribution is -2.13. The summed E-state index contributed by atoms with van der Waals surface area (Å²) in [5, 5.41) is 8.18. The van der Waals surface area contributed by atoms with Crippen LogP contribution >= 0.6 is 0 Å². The molecule has 0 amide bonds. The molecule has 0 aliphatic heterocycles. The van der Waals surface area contributed by atoms with Crippen molar-refractivity contribution in [2.75, 3.05) is 13.7 Å². The summed E-state index contributed by atoms with van der Waals surface area (Å²) < 4.78 is 9.62. The fourth-order valence-corrected chi connectivity index (χ4v) is 0.380. The maximum Gasteiger partial charge on any atom is 0.305 e. The third-order valence-electron chi connectivity index (χ3n) is 1.00. The highest BCUT2D eigenvalue weighted by atomic mass is 16.7. The molecule has 0 rings (SSSR count). The van der Waals surface area contributed by atoms with Crippen LogP contribution in [0.1, 0.15) is 13.3 Å². The molecule has 0 radical (unpaired) electrons. The summed E-state index contributed by atoms with van der Waals surface area (Å²) in [6, 6.07) is 0.